The van der Waals surface area contributed by atoms with Crippen molar-refractivity contribution >= 4 is 28.6 Å². The molecule has 2 aromatic rings. The van der Waals surface area contributed by atoms with Crippen LogP contribution in [0.1, 0.15) is 10.9 Å². The van der Waals surface area contributed by atoms with Crippen molar-refractivity contribution in [1.82, 2.24) is 0 Å². The van der Waals surface area contributed by atoms with Gasteiger partial charge in [-0.3, -0.25) is 0 Å². The molecule has 1 heterocycles. The molecule has 12 heavy (non-hydrogen) atoms. The van der Waals surface area contributed by atoms with Gasteiger partial charge in [-0.2, -0.15) is 0 Å². The Balaban J connectivity index is 2.99. The summed E-state index contributed by atoms with van der Waals surface area (Å²) in [6.07, 6.45) is 0. The molecule has 0 aliphatic rings. The Hall–Kier alpha value is -0.450. The summed E-state index contributed by atoms with van der Waals surface area (Å²) in [5.41, 5.74) is 1.37. The summed E-state index contributed by atoms with van der Waals surface area (Å²) in [6.45, 7) is 3.76. The van der Waals surface area contributed by atoms with Gasteiger partial charge in [-0.15, -0.1) is 0 Å². The summed E-state index contributed by atoms with van der Waals surface area (Å²) in [5.74, 6) is 0. The van der Waals surface area contributed by atoms with E-state index in [0.29, 0.717) is 0 Å². The number of halogens is 1. The maximum absolute atomic E-state index is 6.29. The molecule has 2 heteroatoms. The molecule has 0 saturated heterocycles. The molecule has 0 saturated carbocycles. The van der Waals surface area contributed by atoms with E-state index in [9.17, 15) is 0 Å². The Morgan fingerprint density at radius 2 is 1.83 bits per heavy atom. The molecular weight excluding hydrogens is 187 g/mol. The van der Waals surface area contributed by atoms with E-state index in [1.54, 1.807) is 0 Å². The zero-order chi connectivity index (χ0) is 8.72. The number of aryl methyl sites for hydroxylation is 1. The van der Waals surface area contributed by atoms with Gasteiger partial charge >= 0.3 is 0 Å². The SMILES string of the molecule is Cc1c(C)p(Cl)c2ccccc12. The number of hydrogen-bond donors (Lipinski definition) is 0. The summed E-state index contributed by atoms with van der Waals surface area (Å²) in [4.78, 5) is 0. The van der Waals surface area contributed by atoms with Crippen LogP contribution < -0.4 is 0 Å². The van der Waals surface area contributed by atoms with Crippen LogP contribution in [0, 0.1) is 13.8 Å². The van der Waals surface area contributed by atoms with Crippen molar-refractivity contribution in [3.8, 4) is 0 Å². The van der Waals surface area contributed by atoms with Gasteiger partial charge in [0.05, 0.1) is 0 Å². The third-order valence-corrected chi connectivity index (χ3v) is 5.40. The van der Waals surface area contributed by atoms with Gasteiger partial charge in [-0.1, -0.05) is 29.4 Å². The highest BCUT2D eigenvalue weighted by atomic mass is 35.7. The lowest BCUT2D eigenvalue weighted by molar-refractivity contribution is 1.47. The second-order valence-corrected chi connectivity index (χ2v) is 5.74. The average Bonchev–Trinajstić information content (AvgIpc) is 2.33. The standard InChI is InChI=1S/C10H10ClP/c1-7-8(2)12(11)10-6-4-3-5-9(7)10/h3-6H,1-2H3. The van der Waals surface area contributed by atoms with E-state index in [4.69, 9.17) is 11.2 Å². The van der Waals surface area contributed by atoms with E-state index in [1.807, 2.05) is 0 Å². The predicted octanol–water partition coefficient (Wildman–Crippen LogP) is 4.45. The van der Waals surface area contributed by atoms with E-state index in [2.05, 4.69) is 38.1 Å². The molecule has 1 unspecified atom stereocenters. The van der Waals surface area contributed by atoms with E-state index in [-0.39, 0.29) is 0 Å². The van der Waals surface area contributed by atoms with Gasteiger partial charge in [0.25, 0.3) is 0 Å². The minimum absolute atomic E-state index is 0.530. The summed E-state index contributed by atoms with van der Waals surface area (Å²) in [7, 11) is 0. The summed E-state index contributed by atoms with van der Waals surface area (Å²) >= 11 is 6.29. The molecular formula is C10H10ClP. The molecule has 0 bridgehead atoms. The first-order chi connectivity index (χ1) is 5.72. The molecule has 0 N–H and O–H groups in total. The molecule has 0 spiro atoms. The normalized spacial score (nSPS) is 12.4. The van der Waals surface area contributed by atoms with E-state index >= 15 is 0 Å². The smallest absolute Gasteiger partial charge is 0.0164 e. The minimum atomic E-state index is -0.530. The molecule has 1 aromatic carbocycles. The molecule has 1 atom stereocenters. The molecule has 0 aliphatic carbocycles. The highest BCUT2D eigenvalue weighted by molar-refractivity contribution is 7.82. The topological polar surface area (TPSA) is 0 Å². The summed E-state index contributed by atoms with van der Waals surface area (Å²) in [6, 6.07) is 8.41. The fraction of sp³-hybridized carbons (Fsp3) is 0.200. The fourth-order valence-electron chi connectivity index (χ4n) is 1.48. The van der Waals surface area contributed by atoms with Crippen molar-refractivity contribution in [3.05, 3.63) is 35.1 Å². The molecule has 62 valence electrons. The van der Waals surface area contributed by atoms with Gasteiger partial charge in [0.15, 0.2) is 0 Å². The quantitative estimate of drug-likeness (QED) is 0.584. The lowest BCUT2D eigenvalue weighted by atomic mass is 10.2. The summed E-state index contributed by atoms with van der Waals surface area (Å²) < 4.78 is 0. The van der Waals surface area contributed by atoms with Crippen LogP contribution in [0.3, 0.4) is 0 Å². The van der Waals surface area contributed by atoms with Crippen LogP contribution in [0.15, 0.2) is 24.3 Å². The molecule has 0 fully saturated rings. The molecule has 0 radical (unpaired) electrons. The average molecular weight is 197 g/mol. The van der Waals surface area contributed by atoms with Crippen LogP contribution in [0.25, 0.3) is 10.5 Å². The third-order valence-electron chi connectivity index (χ3n) is 2.36. The lowest BCUT2D eigenvalue weighted by Gasteiger charge is -1.89. The number of fused-ring (bicyclic) bond motifs is 1. The Kier molecular flexibility index (Phi) is 1.90. The van der Waals surface area contributed by atoms with Gasteiger partial charge < -0.3 is 0 Å². The first kappa shape index (κ1) is 8.16. The summed E-state index contributed by atoms with van der Waals surface area (Å²) in [5, 5.41) is 4.02. The monoisotopic (exact) mass is 196 g/mol. The second-order valence-electron chi connectivity index (χ2n) is 3.01. The van der Waals surface area contributed by atoms with Crippen LogP contribution in [0.2, 0.25) is 0 Å². The molecule has 0 nitrogen and oxygen atoms in total. The zero-order valence-corrected chi connectivity index (χ0v) is 8.78. The highest BCUT2D eigenvalue weighted by Crippen LogP contribution is 2.49. The number of hydrogen-bond acceptors (Lipinski definition) is 0. The number of rotatable bonds is 0. The maximum Gasteiger partial charge on any atom is 0.0164 e. The van der Waals surface area contributed by atoms with Crippen molar-refractivity contribution in [2.45, 2.75) is 13.8 Å². The maximum atomic E-state index is 6.29. The van der Waals surface area contributed by atoms with Gasteiger partial charge in [-0.05, 0) is 43.0 Å². The Morgan fingerprint density at radius 3 is 2.50 bits per heavy atom. The predicted molar refractivity (Wildman–Crippen MR) is 57.4 cm³/mol. The first-order valence-electron chi connectivity index (χ1n) is 3.94. The second kappa shape index (κ2) is 2.80. The van der Waals surface area contributed by atoms with Gasteiger partial charge in [0, 0.05) is 5.12 Å². The molecule has 0 aliphatic heterocycles. The van der Waals surface area contributed by atoms with Crippen LogP contribution >= 0.6 is 18.1 Å². The van der Waals surface area contributed by atoms with Crippen LogP contribution in [-0.2, 0) is 0 Å². The largest absolute Gasteiger partial charge is 0.0619 e. The fourth-order valence-corrected chi connectivity index (χ4v) is 3.75. The molecule has 0 amide bonds. The highest BCUT2D eigenvalue weighted by Gasteiger charge is 2.08. The van der Waals surface area contributed by atoms with Crippen LogP contribution in [-0.4, -0.2) is 0 Å². The Morgan fingerprint density at radius 1 is 1.17 bits per heavy atom. The van der Waals surface area contributed by atoms with Crippen molar-refractivity contribution < 1.29 is 0 Å². The molecule has 2 rings (SSSR count). The molecule has 1 aromatic heterocycles. The van der Waals surface area contributed by atoms with Crippen molar-refractivity contribution in [2.75, 3.05) is 0 Å². The number of benzene rings is 1. The Labute approximate surface area is 78.0 Å². The van der Waals surface area contributed by atoms with Crippen molar-refractivity contribution in [2.24, 2.45) is 0 Å². The van der Waals surface area contributed by atoms with E-state index in [1.165, 1.54) is 21.4 Å². The van der Waals surface area contributed by atoms with Crippen LogP contribution in [0.5, 0.6) is 0 Å². The third kappa shape index (κ3) is 0.990. The van der Waals surface area contributed by atoms with E-state index < -0.39 is 6.89 Å². The zero-order valence-electron chi connectivity index (χ0n) is 7.13. The Bertz CT molecular complexity index is 390. The van der Waals surface area contributed by atoms with Crippen LogP contribution in [0.4, 0.5) is 0 Å². The van der Waals surface area contributed by atoms with Crippen molar-refractivity contribution in [1.29, 1.82) is 0 Å². The lowest BCUT2D eigenvalue weighted by Crippen LogP contribution is -1.68. The van der Waals surface area contributed by atoms with Gasteiger partial charge in [0.2, 0.25) is 0 Å². The first-order valence-corrected chi connectivity index (χ1v) is 6.19. The minimum Gasteiger partial charge on any atom is -0.0619 e. The van der Waals surface area contributed by atoms with Gasteiger partial charge in [-0.25, -0.2) is 0 Å². The van der Waals surface area contributed by atoms with Crippen molar-refractivity contribution in [3.63, 3.8) is 0 Å². The van der Waals surface area contributed by atoms with E-state index in [0.717, 1.165) is 0 Å². The van der Waals surface area contributed by atoms with Gasteiger partial charge in [0.1, 0.15) is 0 Å².